The van der Waals surface area contributed by atoms with E-state index in [1.165, 1.54) is 11.1 Å². The Balaban J connectivity index is 1.45. The molecule has 0 saturated heterocycles. The second kappa shape index (κ2) is 9.77. The van der Waals surface area contributed by atoms with Crippen molar-refractivity contribution in [1.29, 1.82) is 0 Å². The Morgan fingerprint density at radius 2 is 1.58 bits per heavy atom. The maximum atomic E-state index is 5.91. The van der Waals surface area contributed by atoms with Crippen molar-refractivity contribution in [2.75, 3.05) is 6.54 Å². The summed E-state index contributed by atoms with van der Waals surface area (Å²) in [5, 5.41) is 4.25. The van der Waals surface area contributed by atoms with Gasteiger partial charge in [0, 0.05) is 11.6 Å². The molecule has 0 aromatic heterocycles. The number of halogens is 2. The quantitative estimate of drug-likeness (QED) is 0.442. The average Bonchev–Trinajstić information content (AvgIpc) is 2.67. The van der Waals surface area contributed by atoms with Crippen LogP contribution in [0.25, 0.3) is 0 Å². The summed E-state index contributed by atoms with van der Waals surface area (Å²) in [6, 6.07) is 24.4. The van der Waals surface area contributed by atoms with Gasteiger partial charge in [0.15, 0.2) is 0 Å². The standard InChI is InChI=1S/C22H21BrClNO/c23-21-14-19(15-25-13-12-17-6-9-20(24)10-7-17)8-11-22(21)26-16-18-4-2-1-3-5-18/h1-11,14,25H,12-13,15-16H2. The molecular weight excluding hydrogens is 410 g/mol. The fourth-order valence-corrected chi connectivity index (χ4v) is 3.29. The molecule has 0 aliphatic heterocycles. The molecular formula is C22H21BrClNO. The lowest BCUT2D eigenvalue weighted by Crippen LogP contribution is -2.16. The minimum Gasteiger partial charge on any atom is -0.488 e. The van der Waals surface area contributed by atoms with Crippen LogP contribution in [0.1, 0.15) is 16.7 Å². The Hall–Kier alpha value is -1.81. The molecule has 26 heavy (non-hydrogen) atoms. The van der Waals surface area contributed by atoms with Gasteiger partial charge < -0.3 is 10.1 Å². The number of rotatable bonds is 8. The van der Waals surface area contributed by atoms with Gasteiger partial charge in [-0.25, -0.2) is 0 Å². The molecule has 0 heterocycles. The highest BCUT2D eigenvalue weighted by Crippen LogP contribution is 2.26. The zero-order valence-corrected chi connectivity index (χ0v) is 16.8. The Labute approximate surface area is 168 Å². The van der Waals surface area contributed by atoms with E-state index in [1.54, 1.807) is 0 Å². The van der Waals surface area contributed by atoms with Crippen LogP contribution >= 0.6 is 27.5 Å². The summed E-state index contributed by atoms with van der Waals surface area (Å²) >= 11 is 9.52. The van der Waals surface area contributed by atoms with Crippen LogP contribution in [-0.2, 0) is 19.6 Å². The van der Waals surface area contributed by atoms with E-state index in [-0.39, 0.29) is 0 Å². The van der Waals surface area contributed by atoms with Crippen LogP contribution in [-0.4, -0.2) is 6.54 Å². The second-order valence-corrected chi connectivity index (χ2v) is 7.38. The molecule has 0 aliphatic rings. The lowest BCUT2D eigenvalue weighted by Gasteiger charge is -2.11. The first-order valence-corrected chi connectivity index (χ1v) is 9.78. The van der Waals surface area contributed by atoms with Crippen molar-refractivity contribution in [3.63, 3.8) is 0 Å². The Morgan fingerprint density at radius 1 is 0.846 bits per heavy atom. The molecule has 0 unspecified atom stereocenters. The van der Waals surface area contributed by atoms with Crippen molar-refractivity contribution in [3.05, 3.63) is 99.0 Å². The van der Waals surface area contributed by atoms with Crippen LogP contribution in [0, 0.1) is 0 Å². The topological polar surface area (TPSA) is 21.3 Å². The van der Waals surface area contributed by atoms with Crippen molar-refractivity contribution >= 4 is 27.5 Å². The average molecular weight is 431 g/mol. The fourth-order valence-electron chi connectivity index (χ4n) is 2.62. The first-order valence-electron chi connectivity index (χ1n) is 8.61. The molecule has 0 fully saturated rings. The van der Waals surface area contributed by atoms with E-state index in [9.17, 15) is 0 Å². The van der Waals surface area contributed by atoms with E-state index in [2.05, 4.69) is 57.6 Å². The highest BCUT2D eigenvalue weighted by atomic mass is 79.9. The number of hydrogen-bond acceptors (Lipinski definition) is 2. The third kappa shape index (κ3) is 5.87. The van der Waals surface area contributed by atoms with Gasteiger partial charge in [0.2, 0.25) is 0 Å². The number of hydrogen-bond donors (Lipinski definition) is 1. The van der Waals surface area contributed by atoms with Gasteiger partial charge in [-0.15, -0.1) is 0 Å². The Morgan fingerprint density at radius 3 is 2.31 bits per heavy atom. The maximum Gasteiger partial charge on any atom is 0.134 e. The minimum absolute atomic E-state index is 0.568. The van der Waals surface area contributed by atoms with E-state index in [4.69, 9.17) is 16.3 Å². The number of nitrogens with one attached hydrogen (secondary N) is 1. The van der Waals surface area contributed by atoms with Gasteiger partial charge in [-0.05, 0) is 69.9 Å². The van der Waals surface area contributed by atoms with E-state index in [0.29, 0.717) is 6.61 Å². The van der Waals surface area contributed by atoms with Crippen LogP contribution in [0.3, 0.4) is 0 Å². The monoisotopic (exact) mass is 429 g/mol. The largest absolute Gasteiger partial charge is 0.488 e. The summed E-state index contributed by atoms with van der Waals surface area (Å²) in [7, 11) is 0. The molecule has 134 valence electrons. The predicted molar refractivity (Wildman–Crippen MR) is 112 cm³/mol. The maximum absolute atomic E-state index is 5.91. The van der Waals surface area contributed by atoms with Gasteiger partial charge in [-0.2, -0.15) is 0 Å². The second-order valence-electron chi connectivity index (χ2n) is 6.09. The highest BCUT2D eigenvalue weighted by molar-refractivity contribution is 9.10. The van der Waals surface area contributed by atoms with Gasteiger partial charge in [-0.1, -0.05) is 60.1 Å². The summed E-state index contributed by atoms with van der Waals surface area (Å²) in [6.07, 6.45) is 0.983. The smallest absolute Gasteiger partial charge is 0.134 e. The predicted octanol–water partition coefficient (Wildman–Crippen LogP) is 6.01. The SMILES string of the molecule is Clc1ccc(CCNCc2ccc(OCc3ccccc3)c(Br)c2)cc1. The summed E-state index contributed by atoms with van der Waals surface area (Å²) in [6.45, 7) is 2.31. The molecule has 0 bridgehead atoms. The third-order valence-corrected chi connectivity index (χ3v) is 4.94. The van der Waals surface area contributed by atoms with E-state index in [0.717, 1.165) is 40.3 Å². The fraction of sp³-hybridized carbons (Fsp3) is 0.182. The Bertz CT molecular complexity index is 821. The third-order valence-electron chi connectivity index (χ3n) is 4.07. The normalized spacial score (nSPS) is 10.7. The Kier molecular flexibility index (Phi) is 7.13. The first-order chi connectivity index (χ1) is 12.7. The summed E-state index contributed by atoms with van der Waals surface area (Å²) in [5.74, 6) is 0.860. The molecule has 3 aromatic rings. The summed E-state index contributed by atoms with van der Waals surface area (Å²) in [5.41, 5.74) is 3.67. The molecule has 0 aliphatic carbocycles. The molecule has 4 heteroatoms. The summed E-state index contributed by atoms with van der Waals surface area (Å²) in [4.78, 5) is 0. The number of ether oxygens (including phenoxy) is 1. The van der Waals surface area contributed by atoms with E-state index in [1.807, 2.05) is 36.4 Å². The van der Waals surface area contributed by atoms with Crippen molar-refractivity contribution in [2.24, 2.45) is 0 Å². The van der Waals surface area contributed by atoms with Crippen LogP contribution in [0.2, 0.25) is 5.02 Å². The summed E-state index contributed by atoms with van der Waals surface area (Å²) < 4.78 is 6.87. The lowest BCUT2D eigenvalue weighted by molar-refractivity contribution is 0.304. The highest BCUT2D eigenvalue weighted by Gasteiger charge is 2.04. The van der Waals surface area contributed by atoms with Gasteiger partial charge in [0.05, 0.1) is 4.47 Å². The zero-order valence-electron chi connectivity index (χ0n) is 14.4. The van der Waals surface area contributed by atoms with Crippen LogP contribution < -0.4 is 10.1 Å². The van der Waals surface area contributed by atoms with Gasteiger partial charge in [0.25, 0.3) is 0 Å². The molecule has 1 N–H and O–H groups in total. The number of benzene rings is 3. The van der Waals surface area contributed by atoms with Crippen molar-refractivity contribution in [1.82, 2.24) is 5.32 Å². The van der Waals surface area contributed by atoms with Crippen molar-refractivity contribution in [3.8, 4) is 5.75 Å². The molecule has 0 saturated carbocycles. The van der Waals surface area contributed by atoms with Crippen LogP contribution in [0.15, 0.2) is 77.3 Å². The molecule has 0 atom stereocenters. The minimum atomic E-state index is 0.568. The van der Waals surface area contributed by atoms with Crippen LogP contribution in [0.5, 0.6) is 5.75 Å². The van der Waals surface area contributed by atoms with Crippen molar-refractivity contribution in [2.45, 2.75) is 19.6 Å². The molecule has 0 spiro atoms. The molecule has 3 rings (SSSR count). The van der Waals surface area contributed by atoms with Crippen LogP contribution in [0.4, 0.5) is 0 Å². The molecule has 0 amide bonds. The molecule has 0 radical (unpaired) electrons. The molecule has 3 aromatic carbocycles. The van der Waals surface area contributed by atoms with Gasteiger partial charge >= 0.3 is 0 Å². The zero-order chi connectivity index (χ0) is 18.2. The van der Waals surface area contributed by atoms with Crippen molar-refractivity contribution < 1.29 is 4.74 Å². The van der Waals surface area contributed by atoms with Gasteiger partial charge in [-0.3, -0.25) is 0 Å². The first kappa shape index (κ1) is 19.0. The van der Waals surface area contributed by atoms with Gasteiger partial charge in [0.1, 0.15) is 12.4 Å². The van der Waals surface area contributed by atoms with E-state index < -0.39 is 0 Å². The molecule has 2 nitrogen and oxygen atoms in total. The van der Waals surface area contributed by atoms with E-state index >= 15 is 0 Å². The lowest BCUT2D eigenvalue weighted by atomic mass is 10.1.